The van der Waals surface area contributed by atoms with Crippen molar-refractivity contribution in [2.75, 3.05) is 20.1 Å². The molecule has 0 aromatic rings. The third kappa shape index (κ3) is 2.96. The highest BCUT2D eigenvalue weighted by Gasteiger charge is 2.33. The summed E-state index contributed by atoms with van der Waals surface area (Å²) in [6.45, 7) is 4.84. The van der Waals surface area contributed by atoms with Crippen LogP contribution in [0, 0.1) is 17.8 Å². The molecule has 2 aliphatic rings. The van der Waals surface area contributed by atoms with Gasteiger partial charge in [-0.25, -0.2) is 0 Å². The van der Waals surface area contributed by atoms with E-state index >= 15 is 0 Å². The quantitative estimate of drug-likeness (QED) is 0.700. The summed E-state index contributed by atoms with van der Waals surface area (Å²) in [6.07, 6.45) is 5.40. The summed E-state index contributed by atoms with van der Waals surface area (Å²) in [7, 11) is 2.24. The molecule has 0 heterocycles. The van der Waals surface area contributed by atoms with Crippen molar-refractivity contribution in [3.63, 3.8) is 0 Å². The molecule has 0 bridgehead atoms. The van der Waals surface area contributed by atoms with Crippen LogP contribution in [-0.2, 0) is 0 Å². The van der Waals surface area contributed by atoms with E-state index in [1.54, 1.807) is 0 Å². The van der Waals surface area contributed by atoms with Crippen molar-refractivity contribution in [1.29, 1.82) is 0 Å². The van der Waals surface area contributed by atoms with Gasteiger partial charge in [-0.2, -0.15) is 0 Å². The van der Waals surface area contributed by atoms with Gasteiger partial charge in [0.2, 0.25) is 0 Å². The molecule has 2 aliphatic carbocycles. The summed E-state index contributed by atoms with van der Waals surface area (Å²) in [6, 6.07) is 0.481. The lowest BCUT2D eigenvalue weighted by Crippen LogP contribution is -2.30. The van der Waals surface area contributed by atoms with Gasteiger partial charge in [-0.3, -0.25) is 0 Å². The third-order valence-electron chi connectivity index (χ3n) is 3.89. The second-order valence-corrected chi connectivity index (χ2v) is 5.53. The first-order chi connectivity index (χ1) is 6.66. The van der Waals surface area contributed by atoms with Crippen LogP contribution >= 0.6 is 0 Å². The lowest BCUT2D eigenvalue weighted by atomic mass is 10.1. The van der Waals surface area contributed by atoms with E-state index < -0.39 is 0 Å². The van der Waals surface area contributed by atoms with Crippen LogP contribution in [0.15, 0.2) is 0 Å². The second kappa shape index (κ2) is 4.19. The summed E-state index contributed by atoms with van der Waals surface area (Å²) >= 11 is 0. The van der Waals surface area contributed by atoms with Crippen LogP contribution in [-0.4, -0.2) is 31.1 Å². The Morgan fingerprint density at radius 3 is 2.57 bits per heavy atom. The fourth-order valence-electron chi connectivity index (χ4n) is 2.27. The van der Waals surface area contributed by atoms with E-state index in [1.165, 1.54) is 38.8 Å². The average molecular weight is 196 g/mol. The Kier molecular flexibility index (Phi) is 3.13. The average Bonchev–Trinajstić information content (AvgIpc) is 2.99. The van der Waals surface area contributed by atoms with Crippen LogP contribution in [0.4, 0.5) is 0 Å². The maximum absolute atomic E-state index is 6.07. The molecule has 0 aliphatic heterocycles. The maximum Gasteiger partial charge on any atom is 0.00793 e. The molecule has 3 atom stereocenters. The van der Waals surface area contributed by atoms with Gasteiger partial charge >= 0.3 is 0 Å². The van der Waals surface area contributed by atoms with E-state index in [0.29, 0.717) is 6.04 Å². The zero-order valence-electron chi connectivity index (χ0n) is 9.58. The molecule has 2 nitrogen and oxygen atoms in total. The van der Waals surface area contributed by atoms with Crippen molar-refractivity contribution in [2.24, 2.45) is 23.5 Å². The summed E-state index contributed by atoms with van der Waals surface area (Å²) < 4.78 is 0. The predicted octanol–water partition coefficient (Wildman–Crippen LogP) is 1.70. The number of rotatable bonds is 6. The van der Waals surface area contributed by atoms with Crippen LogP contribution < -0.4 is 5.73 Å². The Morgan fingerprint density at radius 2 is 2.07 bits per heavy atom. The van der Waals surface area contributed by atoms with Gasteiger partial charge in [-0.15, -0.1) is 0 Å². The first kappa shape index (κ1) is 10.4. The molecule has 2 rings (SSSR count). The Labute approximate surface area is 87.8 Å². The number of hydrogen-bond acceptors (Lipinski definition) is 2. The fourth-order valence-corrected chi connectivity index (χ4v) is 2.27. The molecular weight excluding hydrogens is 172 g/mol. The van der Waals surface area contributed by atoms with Gasteiger partial charge < -0.3 is 10.6 Å². The van der Waals surface area contributed by atoms with E-state index in [0.717, 1.165) is 17.8 Å². The molecule has 0 aromatic heterocycles. The molecule has 0 amide bonds. The van der Waals surface area contributed by atoms with Gasteiger partial charge in [0.1, 0.15) is 0 Å². The van der Waals surface area contributed by atoms with Crippen LogP contribution in [0.3, 0.4) is 0 Å². The zero-order chi connectivity index (χ0) is 10.1. The Morgan fingerprint density at radius 1 is 1.43 bits per heavy atom. The van der Waals surface area contributed by atoms with Crippen molar-refractivity contribution in [2.45, 2.75) is 38.6 Å². The van der Waals surface area contributed by atoms with Crippen molar-refractivity contribution in [3.8, 4) is 0 Å². The van der Waals surface area contributed by atoms with Crippen molar-refractivity contribution >= 4 is 0 Å². The van der Waals surface area contributed by atoms with E-state index in [4.69, 9.17) is 5.73 Å². The summed E-state index contributed by atoms with van der Waals surface area (Å²) in [5, 5.41) is 0. The van der Waals surface area contributed by atoms with Crippen LogP contribution in [0.2, 0.25) is 0 Å². The Balaban J connectivity index is 1.55. The minimum absolute atomic E-state index is 0.481. The van der Waals surface area contributed by atoms with Gasteiger partial charge in [0, 0.05) is 12.6 Å². The van der Waals surface area contributed by atoms with Gasteiger partial charge in [0.15, 0.2) is 0 Å². The van der Waals surface area contributed by atoms with E-state index in [9.17, 15) is 0 Å². The number of hydrogen-bond donors (Lipinski definition) is 1. The molecule has 2 saturated carbocycles. The lowest BCUT2D eigenvalue weighted by Gasteiger charge is -2.19. The van der Waals surface area contributed by atoms with Gasteiger partial charge in [-0.05, 0) is 57.0 Å². The molecule has 0 aromatic carbocycles. The monoisotopic (exact) mass is 196 g/mol. The minimum Gasteiger partial charge on any atom is -0.327 e. The van der Waals surface area contributed by atoms with Gasteiger partial charge in [0.25, 0.3) is 0 Å². The molecule has 3 unspecified atom stereocenters. The van der Waals surface area contributed by atoms with Crippen LogP contribution in [0.5, 0.6) is 0 Å². The Hall–Kier alpha value is -0.0800. The molecule has 2 heteroatoms. The summed E-state index contributed by atoms with van der Waals surface area (Å²) in [5.74, 6) is 2.83. The smallest absolute Gasteiger partial charge is 0.00793 e. The van der Waals surface area contributed by atoms with Crippen molar-refractivity contribution in [1.82, 2.24) is 4.90 Å². The Bertz CT molecular complexity index is 189. The normalized spacial score (nSPS) is 33.4. The largest absolute Gasteiger partial charge is 0.327 e. The predicted molar refractivity (Wildman–Crippen MR) is 60.1 cm³/mol. The first-order valence-corrected chi connectivity index (χ1v) is 6.11. The lowest BCUT2D eigenvalue weighted by molar-refractivity contribution is 0.296. The van der Waals surface area contributed by atoms with Crippen LogP contribution in [0.25, 0.3) is 0 Å². The highest BCUT2D eigenvalue weighted by Crippen LogP contribution is 2.38. The van der Waals surface area contributed by atoms with Crippen molar-refractivity contribution < 1.29 is 0 Å². The minimum atomic E-state index is 0.481. The van der Waals surface area contributed by atoms with E-state index in [-0.39, 0.29) is 0 Å². The summed E-state index contributed by atoms with van der Waals surface area (Å²) in [4.78, 5) is 2.47. The zero-order valence-corrected chi connectivity index (χ0v) is 9.58. The molecule has 0 radical (unpaired) electrons. The van der Waals surface area contributed by atoms with E-state index in [1.807, 2.05) is 0 Å². The SMILES string of the molecule is CC1CC1CN(C)CCC(N)C1CC1. The second-order valence-electron chi connectivity index (χ2n) is 5.53. The molecule has 0 spiro atoms. The van der Waals surface area contributed by atoms with Crippen LogP contribution in [0.1, 0.15) is 32.6 Å². The first-order valence-electron chi connectivity index (χ1n) is 6.11. The fraction of sp³-hybridized carbons (Fsp3) is 1.00. The van der Waals surface area contributed by atoms with E-state index in [2.05, 4.69) is 18.9 Å². The maximum atomic E-state index is 6.07. The molecular formula is C12H24N2. The summed E-state index contributed by atoms with van der Waals surface area (Å²) in [5.41, 5.74) is 6.07. The molecule has 14 heavy (non-hydrogen) atoms. The molecule has 2 N–H and O–H groups in total. The molecule has 82 valence electrons. The highest BCUT2D eigenvalue weighted by molar-refractivity contribution is 4.86. The molecule has 0 saturated heterocycles. The standard InChI is InChI=1S/C12H24N2/c1-9-7-11(9)8-14(2)6-5-12(13)10-3-4-10/h9-12H,3-8,13H2,1-2H3. The highest BCUT2D eigenvalue weighted by atomic mass is 15.1. The third-order valence-corrected chi connectivity index (χ3v) is 3.89. The van der Waals surface area contributed by atoms with Crippen molar-refractivity contribution in [3.05, 3.63) is 0 Å². The van der Waals surface area contributed by atoms with Gasteiger partial charge in [0.05, 0.1) is 0 Å². The molecule has 2 fully saturated rings. The van der Waals surface area contributed by atoms with Gasteiger partial charge in [-0.1, -0.05) is 6.92 Å². The number of nitrogens with two attached hydrogens (primary N) is 1. The number of nitrogens with zero attached hydrogens (tertiary/aromatic N) is 1. The topological polar surface area (TPSA) is 29.3 Å².